The maximum absolute atomic E-state index is 12.3. The molecule has 1 fully saturated rings. The monoisotopic (exact) mass is 338 g/mol. The Bertz CT molecular complexity index is 752. The number of anilines is 1. The van der Waals surface area contributed by atoms with Crippen LogP contribution in [0.15, 0.2) is 36.4 Å². The number of amides is 1. The fourth-order valence-electron chi connectivity index (χ4n) is 3.16. The van der Waals surface area contributed by atoms with Gasteiger partial charge < -0.3 is 10.2 Å². The number of likely N-dealkylation sites (tertiary alicyclic amines) is 1. The molecule has 0 unspecified atom stereocenters. The quantitative estimate of drug-likeness (QED) is 0.927. The second-order valence-electron chi connectivity index (χ2n) is 7.96. The Morgan fingerprint density at radius 1 is 1.20 bits per heavy atom. The van der Waals surface area contributed by atoms with Crippen molar-refractivity contribution in [3.63, 3.8) is 0 Å². The number of nitrogens with one attached hydrogen (secondary N) is 1. The maximum atomic E-state index is 12.3. The molecule has 0 spiro atoms. The third-order valence-corrected chi connectivity index (χ3v) is 4.12. The largest absolute Gasteiger partial charge is 0.365 e. The Morgan fingerprint density at radius 2 is 1.92 bits per heavy atom. The lowest BCUT2D eigenvalue weighted by Gasteiger charge is -2.26. The summed E-state index contributed by atoms with van der Waals surface area (Å²) in [5.74, 6) is 1.70. The fraction of sp³-hybridized carbons (Fsp3) is 0.450. The van der Waals surface area contributed by atoms with Crippen LogP contribution in [0, 0.1) is 12.3 Å². The molecule has 5 nitrogen and oxygen atoms in total. The lowest BCUT2D eigenvalue weighted by molar-refractivity contribution is -0.128. The van der Waals surface area contributed by atoms with Crippen LogP contribution in [0.4, 0.5) is 5.82 Å². The molecule has 1 amide bonds. The molecule has 3 rings (SSSR count). The molecule has 0 aliphatic carbocycles. The average Bonchev–Trinajstić information content (AvgIpc) is 2.85. The highest BCUT2D eigenvalue weighted by Gasteiger charge is 2.32. The minimum atomic E-state index is 0.0905. The van der Waals surface area contributed by atoms with Gasteiger partial charge in [-0.3, -0.25) is 4.79 Å². The third-order valence-electron chi connectivity index (χ3n) is 4.12. The predicted octanol–water partition coefficient (Wildman–Crippen LogP) is 3.51. The molecule has 1 aliphatic heterocycles. The smallest absolute Gasteiger partial charge is 0.224 e. The Balaban J connectivity index is 1.74. The van der Waals surface area contributed by atoms with Gasteiger partial charge in [-0.15, -0.1) is 0 Å². The zero-order valence-electron chi connectivity index (χ0n) is 15.4. The van der Waals surface area contributed by atoms with Crippen LogP contribution in [0.5, 0.6) is 0 Å². The van der Waals surface area contributed by atoms with E-state index in [4.69, 9.17) is 0 Å². The minimum absolute atomic E-state index is 0.0905. The van der Waals surface area contributed by atoms with Gasteiger partial charge in [-0.2, -0.15) is 0 Å². The average molecular weight is 338 g/mol. The molecule has 0 radical (unpaired) electrons. The summed E-state index contributed by atoms with van der Waals surface area (Å²) in [4.78, 5) is 23.4. The number of carbonyl (C=O) groups is 1. The maximum Gasteiger partial charge on any atom is 0.224 e. The van der Waals surface area contributed by atoms with E-state index in [1.165, 1.54) is 0 Å². The van der Waals surface area contributed by atoms with Gasteiger partial charge in [0.15, 0.2) is 5.82 Å². The van der Waals surface area contributed by atoms with Crippen LogP contribution in [0.3, 0.4) is 0 Å². The summed E-state index contributed by atoms with van der Waals surface area (Å²) in [5.41, 5.74) is 2.01. The van der Waals surface area contributed by atoms with Crippen LogP contribution in [-0.2, 0) is 4.79 Å². The normalized spacial score (nSPS) is 17.8. The lowest BCUT2D eigenvalue weighted by Crippen LogP contribution is -2.35. The second kappa shape index (κ2) is 6.82. The highest BCUT2D eigenvalue weighted by Crippen LogP contribution is 2.23. The van der Waals surface area contributed by atoms with Crippen molar-refractivity contribution in [3.05, 3.63) is 42.1 Å². The van der Waals surface area contributed by atoms with Crippen LogP contribution in [0.1, 0.15) is 32.9 Å². The number of benzene rings is 1. The summed E-state index contributed by atoms with van der Waals surface area (Å²) in [6.07, 6.45) is 0.514. The molecule has 1 saturated heterocycles. The van der Waals surface area contributed by atoms with Gasteiger partial charge in [0.2, 0.25) is 5.91 Å². The van der Waals surface area contributed by atoms with E-state index in [0.29, 0.717) is 12.2 Å². The molecule has 132 valence electrons. The van der Waals surface area contributed by atoms with Gasteiger partial charge in [-0.25, -0.2) is 9.97 Å². The van der Waals surface area contributed by atoms with Gasteiger partial charge in [-0.1, -0.05) is 51.1 Å². The number of hydrogen-bond donors (Lipinski definition) is 1. The van der Waals surface area contributed by atoms with Gasteiger partial charge in [0, 0.05) is 36.8 Å². The number of aromatic nitrogens is 2. The Labute approximate surface area is 149 Å². The van der Waals surface area contributed by atoms with Crippen LogP contribution >= 0.6 is 0 Å². The molecule has 2 aromatic rings. The van der Waals surface area contributed by atoms with E-state index in [1.54, 1.807) is 0 Å². The molecule has 1 aliphatic rings. The molecule has 25 heavy (non-hydrogen) atoms. The predicted molar refractivity (Wildman–Crippen MR) is 100 cm³/mol. The Kier molecular flexibility index (Phi) is 4.75. The van der Waals surface area contributed by atoms with E-state index in [2.05, 4.69) is 36.1 Å². The van der Waals surface area contributed by atoms with E-state index in [-0.39, 0.29) is 17.4 Å². The van der Waals surface area contributed by atoms with E-state index < -0.39 is 0 Å². The number of carbonyl (C=O) groups excluding carboxylic acids is 1. The van der Waals surface area contributed by atoms with Gasteiger partial charge >= 0.3 is 0 Å². The number of aryl methyl sites for hydroxylation is 1. The zero-order valence-corrected chi connectivity index (χ0v) is 15.4. The summed E-state index contributed by atoms with van der Waals surface area (Å²) >= 11 is 0. The van der Waals surface area contributed by atoms with Gasteiger partial charge in [0.05, 0.1) is 6.04 Å². The minimum Gasteiger partial charge on any atom is -0.365 e. The highest BCUT2D eigenvalue weighted by atomic mass is 16.2. The van der Waals surface area contributed by atoms with Crippen LogP contribution in [0.25, 0.3) is 11.4 Å². The summed E-state index contributed by atoms with van der Waals surface area (Å²) in [5, 5.41) is 3.42. The first kappa shape index (κ1) is 17.4. The molecule has 0 bridgehead atoms. The van der Waals surface area contributed by atoms with Crippen molar-refractivity contribution >= 4 is 11.7 Å². The zero-order chi connectivity index (χ0) is 18.0. The molecule has 0 saturated carbocycles. The Morgan fingerprint density at radius 3 is 2.60 bits per heavy atom. The second-order valence-corrected chi connectivity index (χ2v) is 7.96. The molecule has 5 heteroatoms. The highest BCUT2D eigenvalue weighted by molar-refractivity contribution is 5.80. The lowest BCUT2D eigenvalue weighted by atomic mass is 9.96. The van der Waals surface area contributed by atoms with Crippen molar-refractivity contribution in [2.45, 2.75) is 40.2 Å². The fourth-order valence-corrected chi connectivity index (χ4v) is 3.16. The Hall–Kier alpha value is -2.43. The standard InChI is InChI=1S/C20H26N4O/c1-14-10-17(23-19(21-14)15-8-6-5-7-9-15)22-16-11-18(25)24(12-16)13-20(2,3)4/h5-10,16H,11-13H2,1-4H3,(H,21,22,23)/t16-/m0/s1. The van der Waals surface area contributed by atoms with Gasteiger partial charge in [0.25, 0.3) is 0 Å². The first-order valence-corrected chi connectivity index (χ1v) is 8.75. The van der Waals surface area contributed by atoms with Crippen molar-refractivity contribution < 1.29 is 4.79 Å². The number of rotatable bonds is 4. The summed E-state index contributed by atoms with van der Waals surface area (Å²) < 4.78 is 0. The van der Waals surface area contributed by atoms with Crippen LogP contribution in [0.2, 0.25) is 0 Å². The molecule has 1 aromatic carbocycles. The van der Waals surface area contributed by atoms with Crippen molar-refractivity contribution in [3.8, 4) is 11.4 Å². The molecule has 1 N–H and O–H groups in total. The topological polar surface area (TPSA) is 58.1 Å². The van der Waals surface area contributed by atoms with Crippen molar-refractivity contribution in [1.82, 2.24) is 14.9 Å². The molecule has 1 atom stereocenters. The molecular weight excluding hydrogens is 312 g/mol. The first-order chi connectivity index (χ1) is 11.8. The third kappa shape index (κ3) is 4.56. The van der Waals surface area contributed by atoms with Crippen molar-refractivity contribution in [1.29, 1.82) is 0 Å². The van der Waals surface area contributed by atoms with Crippen molar-refractivity contribution in [2.75, 3.05) is 18.4 Å². The SMILES string of the molecule is Cc1cc(N[C@H]2CC(=O)N(CC(C)(C)C)C2)nc(-c2ccccc2)n1. The first-order valence-electron chi connectivity index (χ1n) is 8.75. The molecule has 1 aromatic heterocycles. The summed E-state index contributed by atoms with van der Waals surface area (Å²) in [6.45, 7) is 9.93. The van der Waals surface area contributed by atoms with E-state index >= 15 is 0 Å². The number of nitrogens with zero attached hydrogens (tertiary/aromatic N) is 3. The van der Waals surface area contributed by atoms with Gasteiger partial charge in [-0.05, 0) is 12.3 Å². The summed E-state index contributed by atoms with van der Waals surface area (Å²) in [6, 6.07) is 12.0. The van der Waals surface area contributed by atoms with Crippen LogP contribution in [-0.4, -0.2) is 39.9 Å². The van der Waals surface area contributed by atoms with E-state index in [9.17, 15) is 4.79 Å². The van der Waals surface area contributed by atoms with Gasteiger partial charge in [0.1, 0.15) is 5.82 Å². The van der Waals surface area contributed by atoms with E-state index in [1.807, 2.05) is 48.2 Å². The molecule has 2 heterocycles. The molecular formula is C20H26N4O. The number of hydrogen-bond acceptors (Lipinski definition) is 4. The van der Waals surface area contributed by atoms with E-state index in [0.717, 1.165) is 30.2 Å². The van der Waals surface area contributed by atoms with Crippen molar-refractivity contribution in [2.24, 2.45) is 5.41 Å². The summed E-state index contributed by atoms with van der Waals surface area (Å²) in [7, 11) is 0. The van der Waals surface area contributed by atoms with Crippen LogP contribution < -0.4 is 5.32 Å².